The summed E-state index contributed by atoms with van der Waals surface area (Å²) in [6.07, 6.45) is 1.38. The average Bonchev–Trinajstić information content (AvgIpc) is 2.35. The van der Waals surface area contributed by atoms with Gasteiger partial charge in [-0.15, -0.1) is 0 Å². The lowest BCUT2D eigenvalue weighted by Gasteiger charge is -2.22. The molecule has 4 heteroatoms. The summed E-state index contributed by atoms with van der Waals surface area (Å²) in [6, 6.07) is 3.12. The number of benzene rings is 1. The summed E-state index contributed by atoms with van der Waals surface area (Å²) in [5.74, 6) is -0.185. The molecule has 1 nitrogen and oxygen atoms in total. The van der Waals surface area contributed by atoms with Crippen LogP contribution in [0.4, 0.5) is 8.78 Å². The van der Waals surface area contributed by atoms with Gasteiger partial charge < -0.3 is 5.32 Å². The van der Waals surface area contributed by atoms with Crippen molar-refractivity contribution in [3.05, 3.63) is 33.8 Å². The molecule has 0 fully saturated rings. The normalized spacial score (nSPS) is 13.2. The largest absolute Gasteiger partial charge is 0.314 e. The highest BCUT2D eigenvalue weighted by molar-refractivity contribution is 9.10. The molecule has 0 radical (unpaired) electrons. The SMILES string of the molecule is CC(C)CC(CNC(C)C)Cc1c(F)ccc(Br)c1F. The first-order valence-electron chi connectivity index (χ1n) is 7.17. The van der Waals surface area contributed by atoms with E-state index in [1.54, 1.807) is 0 Å². The Morgan fingerprint density at radius 1 is 1.15 bits per heavy atom. The van der Waals surface area contributed by atoms with Crippen molar-refractivity contribution in [2.45, 2.75) is 46.6 Å². The second-order valence-corrected chi connectivity index (χ2v) is 6.94. The number of rotatable bonds is 7. The summed E-state index contributed by atoms with van der Waals surface area (Å²) in [5, 5.41) is 3.37. The standard InChI is InChI=1S/C16H24BrF2N/c1-10(2)7-12(9-20-11(3)4)8-13-15(18)6-5-14(17)16(13)19/h5-6,10-12,20H,7-9H2,1-4H3. The maximum Gasteiger partial charge on any atom is 0.143 e. The quantitative estimate of drug-likeness (QED) is 0.689. The van der Waals surface area contributed by atoms with Crippen LogP contribution in [0.2, 0.25) is 0 Å². The van der Waals surface area contributed by atoms with Crippen LogP contribution >= 0.6 is 15.9 Å². The fourth-order valence-corrected chi connectivity index (χ4v) is 2.72. The molecule has 0 saturated heterocycles. The second-order valence-electron chi connectivity index (χ2n) is 6.08. The first-order valence-corrected chi connectivity index (χ1v) is 7.96. The molecule has 0 saturated carbocycles. The van der Waals surface area contributed by atoms with Crippen molar-refractivity contribution >= 4 is 15.9 Å². The molecule has 1 unspecified atom stereocenters. The van der Waals surface area contributed by atoms with Gasteiger partial charge >= 0.3 is 0 Å². The fraction of sp³-hybridized carbons (Fsp3) is 0.625. The van der Waals surface area contributed by atoms with Crippen molar-refractivity contribution in [3.8, 4) is 0 Å². The molecule has 0 aromatic heterocycles. The van der Waals surface area contributed by atoms with Crippen molar-refractivity contribution < 1.29 is 8.78 Å². The van der Waals surface area contributed by atoms with E-state index in [0.717, 1.165) is 13.0 Å². The monoisotopic (exact) mass is 347 g/mol. The molecule has 0 aliphatic carbocycles. The lowest BCUT2D eigenvalue weighted by molar-refractivity contribution is 0.364. The minimum atomic E-state index is -0.469. The predicted octanol–water partition coefficient (Wildman–Crippen LogP) is 4.93. The molecule has 114 valence electrons. The summed E-state index contributed by atoms with van der Waals surface area (Å²) in [5.41, 5.74) is 0.190. The fourth-order valence-electron chi connectivity index (χ4n) is 2.35. The van der Waals surface area contributed by atoms with Crippen LogP contribution in [-0.2, 0) is 6.42 Å². The molecule has 0 spiro atoms. The van der Waals surface area contributed by atoms with Crippen molar-refractivity contribution in [2.24, 2.45) is 11.8 Å². The van der Waals surface area contributed by atoms with Gasteiger partial charge in [-0.1, -0.05) is 27.7 Å². The van der Waals surface area contributed by atoms with Crippen molar-refractivity contribution in [1.82, 2.24) is 5.32 Å². The predicted molar refractivity (Wildman–Crippen MR) is 83.8 cm³/mol. The Hall–Kier alpha value is -0.480. The number of hydrogen-bond acceptors (Lipinski definition) is 1. The Balaban J connectivity index is 2.85. The first-order chi connectivity index (χ1) is 9.31. The molecular formula is C16H24BrF2N. The number of hydrogen-bond donors (Lipinski definition) is 1. The molecule has 20 heavy (non-hydrogen) atoms. The molecule has 0 heterocycles. The van der Waals surface area contributed by atoms with Gasteiger partial charge in [0.1, 0.15) is 11.6 Å². The smallest absolute Gasteiger partial charge is 0.143 e. The zero-order chi connectivity index (χ0) is 15.3. The highest BCUT2D eigenvalue weighted by Crippen LogP contribution is 2.26. The van der Waals surface area contributed by atoms with Gasteiger partial charge in [-0.2, -0.15) is 0 Å². The highest BCUT2D eigenvalue weighted by atomic mass is 79.9. The minimum absolute atomic E-state index is 0.190. The van der Waals surface area contributed by atoms with Crippen molar-refractivity contribution in [1.29, 1.82) is 0 Å². The molecule has 0 amide bonds. The van der Waals surface area contributed by atoms with E-state index < -0.39 is 11.6 Å². The molecule has 1 aromatic carbocycles. The average molecular weight is 348 g/mol. The van der Waals surface area contributed by atoms with Gasteiger partial charge in [0.25, 0.3) is 0 Å². The molecule has 1 rings (SSSR count). The zero-order valence-electron chi connectivity index (χ0n) is 12.6. The topological polar surface area (TPSA) is 12.0 Å². The van der Waals surface area contributed by atoms with E-state index in [4.69, 9.17) is 0 Å². The van der Waals surface area contributed by atoms with E-state index in [1.807, 2.05) is 0 Å². The summed E-state index contributed by atoms with van der Waals surface area (Å²) in [7, 11) is 0. The summed E-state index contributed by atoms with van der Waals surface area (Å²) < 4.78 is 28.2. The Morgan fingerprint density at radius 2 is 1.80 bits per heavy atom. The van der Waals surface area contributed by atoms with Crippen LogP contribution in [0.1, 0.15) is 39.7 Å². The molecule has 0 bridgehead atoms. The lowest BCUT2D eigenvalue weighted by atomic mass is 9.90. The van der Waals surface area contributed by atoms with E-state index >= 15 is 0 Å². The summed E-state index contributed by atoms with van der Waals surface area (Å²) in [4.78, 5) is 0. The molecule has 1 atom stereocenters. The zero-order valence-corrected chi connectivity index (χ0v) is 14.2. The van der Waals surface area contributed by atoms with E-state index in [2.05, 4.69) is 48.9 Å². The Bertz CT molecular complexity index is 433. The molecule has 1 aromatic rings. The molecule has 0 aliphatic heterocycles. The first kappa shape index (κ1) is 17.6. The minimum Gasteiger partial charge on any atom is -0.314 e. The van der Waals surface area contributed by atoms with Crippen molar-refractivity contribution in [3.63, 3.8) is 0 Å². The maximum absolute atomic E-state index is 14.1. The van der Waals surface area contributed by atoms with E-state index in [0.29, 0.717) is 22.9 Å². The second kappa shape index (κ2) is 8.08. The lowest BCUT2D eigenvalue weighted by Crippen LogP contribution is -2.31. The van der Waals surface area contributed by atoms with Gasteiger partial charge in [0.2, 0.25) is 0 Å². The third kappa shape index (κ3) is 5.49. The third-order valence-electron chi connectivity index (χ3n) is 3.25. The third-order valence-corrected chi connectivity index (χ3v) is 3.86. The van der Waals surface area contributed by atoms with Crippen molar-refractivity contribution in [2.75, 3.05) is 6.54 Å². The van der Waals surface area contributed by atoms with Gasteiger partial charge in [-0.3, -0.25) is 0 Å². The van der Waals surface area contributed by atoms with E-state index in [9.17, 15) is 8.78 Å². The molecular weight excluding hydrogens is 324 g/mol. The number of nitrogens with one attached hydrogen (secondary N) is 1. The van der Waals surface area contributed by atoms with Crippen LogP contribution in [0.25, 0.3) is 0 Å². The van der Waals surface area contributed by atoms with Crippen LogP contribution in [0.15, 0.2) is 16.6 Å². The van der Waals surface area contributed by atoms with Gasteiger partial charge in [0, 0.05) is 11.6 Å². The van der Waals surface area contributed by atoms with Crippen LogP contribution < -0.4 is 5.32 Å². The van der Waals surface area contributed by atoms with E-state index in [1.165, 1.54) is 12.1 Å². The Morgan fingerprint density at radius 3 is 2.35 bits per heavy atom. The van der Waals surface area contributed by atoms with Crippen LogP contribution in [-0.4, -0.2) is 12.6 Å². The van der Waals surface area contributed by atoms with E-state index in [-0.39, 0.29) is 11.5 Å². The Kier molecular flexibility index (Phi) is 7.10. The maximum atomic E-state index is 14.1. The summed E-state index contributed by atoms with van der Waals surface area (Å²) >= 11 is 3.13. The van der Waals surface area contributed by atoms with Gasteiger partial charge in [0.15, 0.2) is 0 Å². The Labute approximate surface area is 129 Å². The van der Waals surface area contributed by atoms with Crippen LogP contribution in [0.3, 0.4) is 0 Å². The summed E-state index contributed by atoms with van der Waals surface area (Å²) in [6.45, 7) is 9.20. The molecule has 1 N–H and O–H groups in total. The van der Waals surface area contributed by atoms with Crippen LogP contribution in [0, 0.1) is 23.5 Å². The molecule has 0 aliphatic rings. The number of halogens is 3. The van der Waals surface area contributed by atoms with Gasteiger partial charge in [-0.05, 0) is 59.3 Å². The van der Waals surface area contributed by atoms with Gasteiger partial charge in [0.05, 0.1) is 4.47 Å². The highest BCUT2D eigenvalue weighted by Gasteiger charge is 2.19. The van der Waals surface area contributed by atoms with Gasteiger partial charge in [-0.25, -0.2) is 8.78 Å². The van der Waals surface area contributed by atoms with Crippen LogP contribution in [0.5, 0.6) is 0 Å².